The van der Waals surface area contributed by atoms with Crippen LogP contribution in [0.25, 0.3) is 0 Å². The van der Waals surface area contributed by atoms with Gasteiger partial charge in [-0.25, -0.2) is 0 Å². The van der Waals surface area contributed by atoms with E-state index in [9.17, 15) is 4.79 Å². The van der Waals surface area contributed by atoms with Crippen LogP contribution in [0.3, 0.4) is 0 Å². The molecular formula is C20H24Cl2N2O. The quantitative estimate of drug-likeness (QED) is 0.633. The Labute approximate surface area is 159 Å². The highest BCUT2D eigenvalue weighted by Gasteiger charge is 2.18. The highest BCUT2D eigenvalue weighted by Crippen LogP contribution is 2.22. The molecular weight excluding hydrogens is 355 g/mol. The molecule has 0 spiro atoms. The molecule has 0 aliphatic carbocycles. The molecule has 0 bridgehead atoms. The van der Waals surface area contributed by atoms with Gasteiger partial charge < -0.3 is 5.32 Å². The van der Waals surface area contributed by atoms with Gasteiger partial charge in [-0.05, 0) is 55.1 Å². The summed E-state index contributed by atoms with van der Waals surface area (Å²) >= 11 is 11.9. The van der Waals surface area contributed by atoms with Crippen molar-refractivity contribution in [2.75, 3.05) is 26.2 Å². The Morgan fingerprint density at radius 2 is 1.48 bits per heavy atom. The third-order valence-electron chi connectivity index (χ3n) is 4.30. The van der Waals surface area contributed by atoms with E-state index < -0.39 is 0 Å². The summed E-state index contributed by atoms with van der Waals surface area (Å²) in [6.45, 7) is 7.17. The minimum absolute atomic E-state index is 0.0612. The fourth-order valence-electron chi connectivity index (χ4n) is 2.87. The van der Waals surface area contributed by atoms with Crippen LogP contribution in [0.2, 0.25) is 10.0 Å². The Kier molecular flexibility index (Phi) is 7.91. The van der Waals surface area contributed by atoms with E-state index in [2.05, 4.69) is 24.1 Å². The Morgan fingerprint density at radius 1 is 0.960 bits per heavy atom. The first-order valence-corrected chi connectivity index (χ1v) is 9.29. The molecule has 0 saturated heterocycles. The van der Waals surface area contributed by atoms with Crippen LogP contribution in [-0.2, 0) is 0 Å². The molecule has 0 radical (unpaired) electrons. The Balaban J connectivity index is 2.00. The van der Waals surface area contributed by atoms with Crippen LogP contribution in [0, 0.1) is 0 Å². The number of nitrogens with one attached hydrogen (secondary N) is 1. The third-order valence-corrected chi connectivity index (χ3v) is 4.80. The molecule has 0 fully saturated rings. The lowest BCUT2D eigenvalue weighted by atomic mass is 10.0. The average molecular weight is 379 g/mol. The number of hydrogen-bond acceptors (Lipinski definition) is 3. The fourth-order valence-corrected chi connectivity index (χ4v) is 3.12. The predicted molar refractivity (Wildman–Crippen MR) is 106 cm³/mol. The van der Waals surface area contributed by atoms with Crippen molar-refractivity contribution >= 4 is 29.0 Å². The molecule has 2 aromatic rings. The maximum absolute atomic E-state index is 12.3. The predicted octanol–water partition coefficient (Wildman–Crippen LogP) is 4.85. The highest BCUT2D eigenvalue weighted by atomic mass is 35.5. The van der Waals surface area contributed by atoms with Gasteiger partial charge in [0.05, 0.1) is 6.54 Å². The maximum Gasteiger partial charge on any atom is 0.176 e. The number of carbonyl (C=O) groups excluding carboxylic acids is 1. The first kappa shape index (κ1) is 19.9. The highest BCUT2D eigenvalue weighted by molar-refractivity contribution is 6.30. The van der Waals surface area contributed by atoms with Crippen molar-refractivity contribution in [1.82, 2.24) is 10.2 Å². The standard InChI is InChI=1S/C20H24Cl2N2O/c1-3-24(4-2)19(15-5-9-17(21)10-6-15)13-23-14-20(25)16-7-11-18(22)12-8-16/h5-12,19,23H,3-4,13-14H2,1-2H3. The molecule has 0 aromatic heterocycles. The summed E-state index contributed by atoms with van der Waals surface area (Å²) in [5.41, 5.74) is 1.86. The van der Waals surface area contributed by atoms with Crippen LogP contribution < -0.4 is 5.32 Å². The summed E-state index contributed by atoms with van der Waals surface area (Å²) < 4.78 is 0. The van der Waals surface area contributed by atoms with Crippen molar-refractivity contribution in [3.63, 3.8) is 0 Å². The van der Waals surface area contributed by atoms with Gasteiger partial charge in [0.2, 0.25) is 0 Å². The summed E-state index contributed by atoms with van der Waals surface area (Å²) in [6, 6.07) is 15.1. The second-order valence-electron chi connectivity index (χ2n) is 5.85. The summed E-state index contributed by atoms with van der Waals surface area (Å²) in [5, 5.41) is 4.67. The number of carbonyl (C=O) groups is 1. The Morgan fingerprint density at radius 3 is 2.00 bits per heavy atom. The topological polar surface area (TPSA) is 32.3 Å². The zero-order valence-corrected chi connectivity index (χ0v) is 16.1. The maximum atomic E-state index is 12.3. The summed E-state index contributed by atoms with van der Waals surface area (Å²) in [7, 11) is 0. The number of rotatable bonds is 9. The molecule has 0 amide bonds. The third kappa shape index (κ3) is 5.82. The van der Waals surface area contributed by atoms with E-state index in [4.69, 9.17) is 23.2 Å². The van der Waals surface area contributed by atoms with Gasteiger partial charge in [-0.15, -0.1) is 0 Å². The molecule has 0 aliphatic rings. The van der Waals surface area contributed by atoms with Crippen molar-refractivity contribution in [1.29, 1.82) is 0 Å². The summed E-state index contributed by atoms with van der Waals surface area (Å²) in [4.78, 5) is 14.7. The molecule has 25 heavy (non-hydrogen) atoms. The fraction of sp³-hybridized carbons (Fsp3) is 0.350. The van der Waals surface area contributed by atoms with E-state index in [0.717, 1.165) is 18.1 Å². The van der Waals surface area contributed by atoms with Gasteiger partial charge in [0.15, 0.2) is 5.78 Å². The van der Waals surface area contributed by atoms with Gasteiger partial charge in [-0.3, -0.25) is 9.69 Å². The van der Waals surface area contributed by atoms with E-state index in [1.165, 1.54) is 5.56 Å². The average Bonchev–Trinajstić information content (AvgIpc) is 2.62. The number of nitrogens with zero attached hydrogens (tertiary/aromatic N) is 1. The molecule has 3 nitrogen and oxygen atoms in total. The van der Waals surface area contributed by atoms with E-state index in [1.54, 1.807) is 24.3 Å². The Bertz CT molecular complexity index is 667. The second-order valence-corrected chi connectivity index (χ2v) is 6.72. The Hall–Kier alpha value is -1.39. The van der Waals surface area contributed by atoms with Crippen LogP contribution in [0.1, 0.15) is 35.8 Å². The molecule has 0 aliphatic heterocycles. The summed E-state index contributed by atoms with van der Waals surface area (Å²) in [6.07, 6.45) is 0. The first-order chi connectivity index (χ1) is 12.0. The number of likely N-dealkylation sites (N-methyl/N-ethyl adjacent to an activating group) is 1. The molecule has 2 aromatic carbocycles. The molecule has 1 N–H and O–H groups in total. The largest absolute Gasteiger partial charge is 0.308 e. The minimum Gasteiger partial charge on any atom is -0.308 e. The smallest absolute Gasteiger partial charge is 0.176 e. The van der Waals surface area contributed by atoms with Crippen LogP contribution >= 0.6 is 23.2 Å². The summed E-state index contributed by atoms with van der Waals surface area (Å²) in [5.74, 6) is 0.0612. The molecule has 2 rings (SSSR count). The molecule has 134 valence electrons. The van der Waals surface area contributed by atoms with Crippen molar-refractivity contribution in [3.05, 3.63) is 69.7 Å². The van der Waals surface area contributed by atoms with Gasteiger partial charge >= 0.3 is 0 Å². The van der Waals surface area contributed by atoms with Gasteiger partial charge in [-0.2, -0.15) is 0 Å². The zero-order chi connectivity index (χ0) is 18.2. The van der Waals surface area contributed by atoms with Gasteiger partial charge in [0.25, 0.3) is 0 Å². The zero-order valence-electron chi connectivity index (χ0n) is 14.6. The minimum atomic E-state index is 0.0612. The lowest BCUT2D eigenvalue weighted by Gasteiger charge is -2.30. The van der Waals surface area contributed by atoms with E-state index in [-0.39, 0.29) is 11.8 Å². The lowest BCUT2D eigenvalue weighted by molar-refractivity contribution is 0.0987. The van der Waals surface area contributed by atoms with Crippen molar-refractivity contribution < 1.29 is 4.79 Å². The molecule has 5 heteroatoms. The number of halogens is 2. The molecule has 0 saturated carbocycles. The van der Waals surface area contributed by atoms with Crippen LogP contribution in [0.5, 0.6) is 0 Å². The van der Waals surface area contributed by atoms with Crippen LogP contribution in [0.4, 0.5) is 0 Å². The van der Waals surface area contributed by atoms with Crippen LogP contribution in [0.15, 0.2) is 48.5 Å². The lowest BCUT2D eigenvalue weighted by Crippen LogP contribution is -2.37. The van der Waals surface area contributed by atoms with Crippen molar-refractivity contribution in [2.24, 2.45) is 0 Å². The second kappa shape index (κ2) is 9.93. The monoisotopic (exact) mass is 378 g/mol. The number of hydrogen-bond donors (Lipinski definition) is 1. The number of benzene rings is 2. The van der Waals surface area contributed by atoms with E-state index >= 15 is 0 Å². The molecule has 1 unspecified atom stereocenters. The van der Waals surface area contributed by atoms with E-state index in [1.807, 2.05) is 24.3 Å². The first-order valence-electron chi connectivity index (χ1n) is 8.54. The number of Topliss-reactive ketones (excluding diaryl/α,β-unsaturated/α-hetero) is 1. The SMILES string of the molecule is CCN(CC)C(CNCC(=O)c1ccc(Cl)cc1)c1ccc(Cl)cc1. The van der Waals surface area contributed by atoms with Gasteiger partial charge in [-0.1, -0.05) is 49.2 Å². The van der Waals surface area contributed by atoms with Crippen LogP contribution in [-0.4, -0.2) is 36.9 Å². The van der Waals surface area contributed by atoms with Crippen molar-refractivity contribution in [2.45, 2.75) is 19.9 Å². The normalized spacial score (nSPS) is 12.4. The number of ketones is 1. The van der Waals surface area contributed by atoms with E-state index in [0.29, 0.717) is 23.7 Å². The molecule has 1 atom stereocenters. The van der Waals surface area contributed by atoms with Crippen molar-refractivity contribution in [3.8, 4) is 0 Å². The molecule has 0 heterocycles. The van der Waals surface area contributed by atoms with Gasteiger partial charge in [0.1, 0.15) is 0 Å². The van der Waals surface area contributed by atoms with Gasteiger partial charge in [0, 0.05) is 28.2 Å².